The number of benzene rings is 1. The van der Waals surface area contributed by atoms with Crippen LogP contribution in [-0.4, -0.2) is 23.0 Å². The molecule has 0 aliphatic heterocycles. The van der Waals surface area contributed by atoms with Crippen LogP contribution in [-0.2, 0) is 11.2 Å². The standard InChI is InChI=1S/C16H23N3O/c1-10(2)11(3)19-16(20)14(17)8-12-9-18-15-7-5-4-6-13(12)15/h4-7,9-11,14,18H,8,17H2,1-3H3,(H,19,20)/t11?,14-/m1/s1. The number of H-pyrrole nitrogens is 1. The van der Waals surface area contributed by atoms with Crippen LogP contribution in [0.5, 0.6) is 0 Å². The maximum absolute atomic E-state index is 12.1. The van der Waals surface area contributed by atoms with E-state index in [0.717, 1.165) is 16.5 Å². The van der Waals surface area contributed by atoms with E-state index in [0.29, 0.717) is 12.3 Å². The Labute approximate surface area is 119 Å². The number of rotatable bonds is 5. The van der Waals surface area contributed by atoms with Gasteiger partial charge in [0.05, 0.1) is 6.04 Å². The fourth-order valence-electron chi connectivity index (χ4n) is 2.13. The molecule has 1 unspecified atom stereocenters. The highest BCUT2D eigenvalue weighted by Crippen LogP contribution is 2.18. The molecule has 2 aromatic rings. The first-order valence-electron chi connectivity index (χ1n) is 7.10. The molecule has 4 heteroatoms. The third-order valence-corrected chi connectivity index (χ3v) is 3.82. The van der Waals surface area contributed by atoms with Crippen molar-refractivity contribution in [2.45, 2.75) is 39.3 Å². The predicted octanol–water partition coefficient (Wildman–Crippen LogP) is 2.20. The summed E-state index contributed by atoms with van der Waals surface area (Å²) in [5.41, 5.74) is 8.18. The zero-order valence-corrected chi connectivity index (χ0v) is 12.3. The van der Waals surface area contributed by atoms with Crippen LogP contribution < -0.4 is 11.1 Å². The van der Waals surface area contributed by atoms with Crippen molar-refractivity contribution in [2.24, 2.45) is 11.7 Å². The third kappa shape index (κ3) is 3.20. The van der Waals surface area contributed by atoms with Crippen LogP contribution in [0.2, 0.25) is 0 Å². The molecule has 0 radical (unpaired) electrons. The molecule has 4 N–H and O–H groups in total. The summed E-state index contributed by atoms with van der Waals surface area (Å²) in [4.78, 5) is 15.3. The highest BCUT2D eigenvalue weighted by atomic mass is 16.2. The first kappa shape index (κ1) is 14.6. The lowest BCUT2D eigenvalue weighted by molar-refractivity contribution is -0.123. The molecule has 2 atom stereocenters. The molecule has 1 aromatic carbocycles. The molecule has 2 rings (SSSR count). The summed E-state index contributed by atoms with van der Waals surface area (Å²) < 4.78 is 0. The molecular formula is C16H23N3O. The van der Waals surface area contributed by atoms with E-state index in [4.69, 9.17) is 5.73 Å². The zero-order valence-electron chi connectivity index (χ0n) is 12.3. The van der Waals surface area contributed by atoms with Crippen molar-refractivity contribution in [3.8, 4) is 0 Å². The van der Waals surface area contributed by atoms with Gasteiger partial charge in [-0.25, -0.2) is 0 Å². The van der Waals surface area contributed by atoms with Gasteiger partial charge in [0.2, 0.25) is 5.91 Å². The van der Waals surface area contributed by atoms with E-state index in [1.807, 2.05) is 37.4 Å². The average Bonchev–Trinajstić information content (AvgIpc) is 2.82. The summed E-state index contributed by atoms with van der Waals surface area (Å²) in [6.45, 7) is 6.16. The normalized spacial score (nSPS) is 14.4. The smallest absolute Gasteiger partial charge is 0.237 e. The molecule has 1 amide bonds. The number of nitrogens with two attached hydrogens (primary N) is 1. The zero-order chi connectivity index (χ0) is 14.7. The topological polar surface area (TPSA) is 70.9 Å². The lowest BCUT2D eigenvalue weighted by Crippen LogP contribution is -2.47. The van der Waals surface area contributed by atoms with Crippen molar-refractivity contribution in [2.75, 3.05) is 0 Å². The minimum atomic E-state index is -0.518. The Kier molecular flexibility index (Phi) is 4.45. The maximum Gasteiger partial charge on any atom is 0.237 e. The molecule has 20 heavy (non-hydrogen) atoms. The second kappa shape index (κ2) is 6.09. The first-order valence-corrected chi connectivity index (χ1v) is 7.10. The van der Waals surface area contributed by atoms with Gasteiger partial charge in [0.25, 0.3) is 0 Å². The number of carbonyl (C=O) groups is 1. The Bertz CT molecular complexity index is 588. The Balaban J connectivity index is 2.04. The van der Waals surface area contributed by atoms with Crippen LogP contribution in [0, 0.1) is 5.92 Å². The summed E-state index contributed by atoms with van der Waals surface area (Å²) in [6.07, 6.45) is 2.48. The van der Waals surface area contributed by atoms with Crippen LogP contribution in [0.3, 0.4) is 0 Å². The van der Waals surface area contributed by atoms with Gasteiger partial charge in [0.15, 0.2) is 0 Å². The van der Waals surface area contributed by atoms with E-state index in [2.05, 4.69) is 24.1 Å². The number of para-hydroxylation sites is 1. The van der Waals surface area contributed by atoms with Crippen molar-refractivity contribution in [1.29, 1.82) is 0 Å². The van der Waals surface area contributed by atoms with Crippen molar-refractivity contribution in [3.05, 3.63) is 36.0 Å². The van der Waals surface area contributed by atoms with Crippen LogP contribution in [0.15, 0.2) is 30.5 Å². The number of aromatic amines is 1. The molecule has 0 aliphatic rings. The van der Waals surface area contributed by atoms with Crippen molar-refractivity contribution < 1.29 is 4.79 Å². The van der Waals surface area contributed by atoms with E-state index >= 15 is 0 Å². The van der Waals surface area contributed by atoms with Gasteiger partial charge in [-0.15, -0.1) is 0 Å². The molecule has 0 bridgehead atoms. The first-order chi connectivity index (χ1) is 9.49. The van der Waals surface area contributed by atoms with Gasteiger partial charge in [-0.2, -0.15) is 0 Å². The maximum atomic E-state index is 12.1. The molecule has 108 valence electrons. The molecule has 0 fully saturated rings. The second-order valence-corrected chi connectivity index (χ2v) is 5.71. The lowest BCUT2D eigenvalue weighted by atomic mass is 10.0. The number of aromatic nitrogens is 1. The molecule has 0 saturated carbocycles. The van der Waals surface area contributed by atoms with Gasteiger partial charge >= 0.3 is 0 Å². The number of hydrogen-bond donors (Lipinski definition) is 3. The highest BCUT2D eigenvalue weighted by molar-refractivity contribution is 5.86. The minimum Gasteiger partial charge on any atom is -0.361 e. The molecule has 4 nitrogen and oxygen atoms in total. The van der Waals surface area contributed by atoms with Gasteiger partial charge < -0.3 is 16.0 Å². The van der Waals surface area contributed by atoms with E-state index in [1.165, 1.54) is 0 Å². The second-order valence-electron chi connectivity index (χ2n) is 5.71. The molecule has 1 heterocycles. The fourth-order valence-corrected chi connectivity index (χ4v) is 2.13. The number of amides is 1. The lowest BCUT2D eigenvalue weighted by Gasteiger charge is -2.20. The van der Waals surface area contributed by atoms with Gasteiger partial charge in [-0.3, -0.25) is 4.79 Å². The quantitative estimate of drug-likeness (QED) is 0.781. The van der Waals surface area contributed by atoms with Gasteiger partial charge in [-0.1, -0.05) is 32.0 Å². The number of nitrogens with one attached hydrogen (secondary N) is 2. The van der Waals surface area contributed by atoms with E-state index in [-0.39, 0.29) is 11.9 Å². The molecular weight excluding hydrogens is 250 g/mol. The summed E-state index contributed by atoms with van der Waals surface area (Å²) >= 11 is 0. The fraction of sp³-hybridized carbons (Fsp3) is 0.438. The molecule has 0 saturated heterocycles. The Morgan fingerprint density at radius 2 is 2.00 bits per heavy atom. The Hall–Kier alpha value is -1.81. The number of carbonyl (C=O) groups excluding carboxylic acids is 1. The summed E-state index contributed by atoms with van der Waals surface area (Å²) in [5, 5.41) is 4.10. The molecule has 1 aromatic heterocycles. The SMILES string of the molecule is CC(C)C(C)NC(=O)[C@H](N)Cc1c[nH]c2ccccc12. The van der Waals surface area contributed by atoms with E-state index < -0.39 is 6.04 Å². The van der Waals surface area contributed by atoms with Gasteiger partial charge in [0, 0.05) is 23.1 Å². The summed E-state index contributed by atoms with van der Waals surface area (Å²) in [7, 11) is 0. The molecule has 0 spiro atoms. The third-order valence-electron chi connectivity index (χ3n) is 3.82. The van der Waals surface area contributed by atoms with Crippen molar-refractivity contribution in [3.63, 3.8) is 0 Å². The van der Waals surface area contributed by atoms with Gasteiger partial charge in [0.1, 0.15) is 0 Å². The Morgan fingerprint density at radius 3 is 2.70 bits per heavy atom. The Morgan fingerprint density at radius 1 is 1.30 bits per heavy atom. The van der Waals surface area contributed by atoms with Gasteiger partial charge in [-0.05, 0) is 30.9 Å². The van der Waals surface area contributed by atoms with E-state index in [9.17, 15) is 4.79 Å². The highest BCUT2D eigenvalue weighted by Gasteiger charge is 2.18. The average molecular weight is 273 g/mol. The van der Waals surface area contributed by atoms with Crippen molar-refractivity contribution in [1.82, 2.24) is 10.3 Å². The summed E-state index contributed by atoms with van der Waals surface area (Å²) in [5.74, 6) is 0.315. The van der Waals surface area contributed by atoms with E-state index in [1.54, 1.807) is 0 Å². The predicted molar refractivity (Wildman–Crippen MR) is 82.4 cm³/mol. The summed E-state index contributed by atoms with van der Waals surface area (Å²) in [6, 6.07) is 7.66. The van der Waals surface area contributed by atoms with Crippen LogP contribution in [0.4, 0.5) is 0 Å². The monoisotopic (exact) mass is 273 g/mol. The number of hydrogen-bond acceptors (Lipinski definition) is 2. The molecule has 0 aliphatic carbocycles. The number of fused-ring (bicyclic) bond motifs is 1. The van der Waals surface area contributed by atoms with Crippen LogP contribution in [0.25, 0.3) is 10.9 Å². The largest absolute Gasteiger partial charge is 0.361 e. The minimum absolute atomic E-state index is 0.0866. The van der Waals surface area contributed by atoms with Crippen LogP contribution in [0.1, 0.15) is 26.3 Å². The van der Waals surface area contributed by atoms with Crippen LogP contribution >= 0.6 is 0 Å². The van der Waals surface area contributed by atoms with Crippen molar-refractivity contribution >= 4 is 16.8 Å².